The molecule has 0 amide bonds. The number of benzene rings is 1. The highest BCUT2D eigenvalue weighted by atomic mass is 16.5. The van der Waals surface area contributed by atoms with Crippen LogP contribution in [0.25, 0.3) is 0 Å². The Morgan fingerprint density at radius 1 is 1.26 bits per heavy atom. The fraction of sp³-hybridized carbons (Fsp3) is 0.312. The highest BCUT2D eigenvalue weighted by molar-refractivity contribution is 5.41. The Bertz CT molecular complexity index is 540. The van der Waals surface area contributed by atoms with Gasteiger partial charge in [0.2, 0.25) is 0 Å². The SMILES string of the molecule is CCCOc1ccccc1C(N)c1cncc(C)c1. The summed E-state index contributed by atoms with van der Waals surface area (Å²) in [5.74, 6) is 0.860. The minimum absolute atomic E-state index is 0.208. The number of nitrogens with two attached hydrogens (primary N) is 1. The monoisotopic (exact) mass is 256 g/mol. The lowest BCUT2D eigenvalue weighted by Gasteiger charge is -2.17. The minimum Gasteiger partial charge on any atom is -0.493 e. The Labute approximate surface area is 114 Å². The highest BCUT2D eigenvalue weighted by Crippen LogP contribution is 2.28. The van der Waals surface area contributed by atoms with Gasteiger partial charge in [0.1, 0.15) is 5.75 Å². The van der Waals surface area contributed by atoms with Crippen LogP contribution < -0.4 is 10.5 Å². The minimum atomic E-state index is -0.208. The maximum absolute atomic E-state index is 6.34. The summed E-state index contributed by atoms with van der Waals surface area (Å²) in [6.45, 7) is 4.81. The van der Waals surface area contributed by atoms with Gasteiger partial charge in [0, 0.05) is 18.0 Å². The molecule has 0 bridgehead atoms. The van der Waals surface area contributed by atoms with Crippen molar-refractivity contribution in [2.45, 2.75) is 26.3 Å². The quantitative estimate of drug-likeness (QED) is 0.893. The van der Waals surface area contributed by atoms with E-state index in [0.29, 0.717) is 6.61 Å². The van der Waals surface area contributed by atoms with Crippen LogP contribution in [0.3, 0.4) is 0 Å². The summed E-state index contributed by atoms with van der Waals surface area (Å²) in [6.07, 6.45) is 4.62. The average molecular weight is 256 g/mol. The normalized spacial score (nSPS) is 12.2. The number of aromatic nitrogens is 1. The van der Waals surface area contributed by atoms with Gasteiger partial charge in [-0.25, -0.2) is 0 Å². The third-order valence-corrected chi connectivity index (χ3v) is 2.97. The van der Waals surface area contributed by atoms with Crippen LogP contribution in [0.2, 0.25) is 0 Å². The first kappa shape index (κ1) is 13.6. The van der Waals surface area contributed by atoms with E-state index >= 15 is 0 Å². The molecule has 3 nitrogen and oxygen atoms in total. The molecule has 1 aromatic heterocycles. The molecule has 0 aliphatic rings. The van der Waals surface area contributed by atoms with E-state index in [2.05, 4.69) is 18.0 Å². The molecule has 100 valence electrons. The van der Waals surface area contributed by atoms with Gasteiger partial charge >= 0.3 is 0 Å². The number of hydrogen-bond donors (Lipinski definition) is 1. The van der Waals surface area contributed by atoms with Crippen LogP contribution in [0.4, 0.5) is 0 Å². The lowest BCUT2D eigenvalue weighted by Crippen LogP contribution is -2.14. The van der Waals surface area contributed by atoms with Gasteiger partial charge in [-0.1, -0.05) is 31.2 Å². The maximum atomic E-state index is 6.34. The van der Waals surface area contributed by atoms with Crippen LogP contribution in [0.5, 0.6) is 5.75 Å². The first-order chi connectivity index (χ1) is 9.22. The van der Waals surface area contributed by atoms with Gasteiger partial charge in [0.15, 0.2) is 0 Å². The van der Waals surface area contributed by atoms with E-state index < -0.39 is 0 Å². The molecule has 0 saturated carbocycles. The molecule has 2 rings (SSSR count). The van der Waals surface area contributed by atoms with E-state index in [1.807, 2.05) is 43.6 Å². The Balaban J connectivity index is 2.30. The third kappa shape index (κ3) is 3.32. The zero-order valence-corrected chi connectivity index (χ0v) is 11.5. The van der Waals surface area contributed by atoms with Crippen molar-refractivity contribution in [2.24, 2.45) is 5.73 Å². The Morgan fingerprint density at radius 2 is 2.05 bits per heavy atom. The highest BCUT2D eigenvalue weighted by Gasteiger charge is 2.14. The molecule has 0 saturated heterocycles. The van der Waals surface area contributed by atoms with E-state index in [0.717, 1.165) is 28.9 Å². The lowest BCUT2D eigenvalue weighted by atomic mass is 9.99. The van der Waals surface area contributed by atoms with Crippen LogP contribution in [0.1, 0.15) is 36.1 Å². The van der Waals surface area contributed by atoms with E-state index in [4.69, 9.17) is 10.5 Å². The Morgan fingerprint density at radius 3 is 2.79 bits per heavy atom. The van der Waals surface area contributed by atoms with Crippen LogP contribution in [-0.4, -0.2) is 11.6 Å². The molecular weight excluding hydrogens is 236 g/mol. The second-order valence-corrected chi connectivity index (χ2v) is 4.66. The van der Waals surface area contributed by atoms with Crippen molar-refractivity contribution < 1.29 is 4.74 Å². The smallest absolute Gasteiger partial charge is 0.124 e. The molecule has 1 atom stereocenters. The van der Waals surface area contributed by atoms with E-state index in [9.17, 15) is 0 Å². The van der Waals surface area contributed by atoms with E-state index in [1.54, 1.807) is 0 Å². The van der Waals surface area contributed by atoms with Crippen molar-refractivity contribution in [1.82, 2.24) is 4.98 Å². The Hall–Kier alpha value is -1.87. The summed E-state index contributed by atoms with van der Waals surface area (Å²) in [5, 5.41) is 0. The fourth-order valence-electron chi connectivity index (χ4n) is 2.01. The number of nitrogens with zero attached hydrogens (tertiary/aromatic N) is 1. The van der Waals surface area contributed by atoms with Gasteiger partial charge < -0.3 is 10.5 Å². The standard InChI is InChI=1S/C16H20N2O/c1-3-8-19-15-7-5-4-6-14(15)16(17)13-9-12(2)10-18-11-13/h4-7,9-11,16H,3,8,17H2,1-2H3. The summed E-state index contributed by atoms with van der Waals surface area (Å²) >= 11 is 0. The molecular formula is C16H20N2O. The first-order valence-corrected chi connectivity index (χ1v) is 6.61. The van der Waals surface area contributed by atoms with Gasteiger partial charge in [0.25, 0.3) is 0 Å². The Kier molecular flexibility index (Phi) is 4.53. The largest absolute Gasteiger partial charge is 0.493 e. The summed E-state index contributed by atoms with van der Waals surface area (Å²) in [6, 6.07) is 9.79. The molecule has 0 spiro atoms. The molecule has 0 aliphatic carbocycles. The van der Waals surface area contributed by atoms with Crippen LogP contribution in [0.15, 0.2) is 42.7 Å². The third-order valence-electron chi connectivity index (χ3n) is 2.97. The van der Waals surface area contributed by atoms with Crippen molar-refractivity contribution in [2.75, 3.05) is 6.61 Å². The molecule has 0 fully saturated rings. The van der Waals surface area contributed by atoms with Gasteiger partial charge in [-0.15, -0.1) is 0 Å². The summed E-state index contributed by atoms with van der Waals surface area (Å²) < 4.78 is 5.76. The van der Waals surface area contributed by atoms with E-state index in [-0.39, 0.29) is 6.04 Å². The molecule has 0 radical (unpaired) electrons. The number of aryl methyl sites for hydroxylation is 1. The van der Waals surface area contributed by atoms with E-state index in [1.165, 1.54) is 0 Å². The zero-order chi connectivity index (χ0) is 13.7. The molecule has 1 aromatic carbocycles. The number of pyridine rings is 1. The van der Waals surface area contributed by atoms with Crippen molar-refractivity contribution >= 4 is 0 Å². The number of rotatable bonds is 5. The lowest BCUT2D eigenvalue weighted by molar-refractivity contribution is 0.313. The van der Waals surface area contributed by atoms with Gasteiger partial charge in [-0.3, -0.25) is 4.98 Å². The van der Waals surface area contributed by atoms with Gasteiger partial charge in [-0.05, 0) is 30.5 Å². The molecule has 0 aliphatic heterocycles. The number of ether oxygens (including phenoxy) is 1. The van der Waals surface area contributed by atoms with Crippen LogP contribution in [-0.2, 0) is 0 Å². The molecule has 1 heterocycles. The molecule has 3 heteroatoms. The topological polar surface area (TPSA) is 48.1 Å². The van der Waals surface area contributed by atoms with Crippen LogP contribution >= 0.6 is 0 Å². The van der Waals surface area contributed by atoms with Crippen LogP contribution in [0, 0.1) is 6.92 Å². The van der Waals surface area contributed by atoms with Gasteiger partial charge in [0.05, 0.1) is 12.6 Å². The predicted octanol–water partition coefficient (Wildman–Crippen LogP) is 3.23. The summed E-state index contributed by atoms with van der Waals surface area (Å²) in [5.41, 5.74) is 9.46. The summed E-state index contributed by atoms with van der Waals surface area (Å²) in [4.78, 5) is 4.20. The van der Waals surface area contributed by atoms with Crippen molar-refractivity contribution in [3.8, 4) is 5.75 Å². The fourth-order valence-corrected chi connectivity index (χ4v) is 2.01. The molecule has 2 N–H and O–H groups in total. The second kappa shape index (κ2) is 6.34. The second-order valence-electron chi connectivity index (χ2n) is 4.66. The first-order valence-electron chi connectivity index (χ1n) is 6.61. The van der Waals surface area contributed by atoms with Crippen molar-refractivity contribution in [3.63, 3.8) is 0 Å². The molecule has 2 aromatic rings. The molecule has 1 unspecified atom stereocenters. The maximum Gasteiger partial charge on any atom is 0.124 e. The average Bonchev–Trinajstić information content (AvgIpc) is 2.44. The number of hydrogen-bond acceptors (Lipinski definition) is 3. The van der Waals surface area contributed by atoms with Crippen molar-refractivity contribution in [3.05, 3.63) is 59.4 Å². The number of para-hydroxylation sites is 1. The summed E-state index contributed by atoms with van der Waals surface area (Å²) in [7, 11) is 0. The predicted molar refractivity (Wildman–Crippen MR) is 77.2 cm³/mol. The van der Waals surface area contributed by atoms with Gasteiger partial charge in [-0.2, -0.15) is 0 Å². The zero-order valence-electron chi connectivity index (χ0n) is 11.5. The molecule has 19 heavy (non-hydrogen) atoms. The van der Waals surface area contributed by atoms with Crippen molar-refractivity contribution in [1.29, 1.82) is 0 Å².